The third-order valence-corrected chi connectivity index (χ3v) is 4.99. The van der Waals surface area contributed by atoms with Crippen LogP contribution in [0.1, 0.15) is 4.88 Å². The van der Waals surface area contributed by atoms with Crippen molar-refractivity contribution in [2.24, 2.45) is 0 Å². The summed E-state index contributed by atoms with van der Waals surface area (Å²) in [6.45, 7) is 0. The van der Waals surface area contributed by atoms with Gasteiger partial charge in [0.2, 0.25) is 0 Å². The van der Waals surface area contributed by atoms with Crippen LogP contribution in [0.2, 0.25) is 0 Å². The van der Waals surface area contributed by atoms with E-state index in [1.165, 1.54) is 12.1 Å². The molecule has 8 heteroatoms. The Morgan fingerprint density at radius 2 is 1.89 bits per heavy atom. The van der Waals surface area contributed by atoms with E-state index in [0.717, 1.165) is 29.5 Å². The van der Waals surface area contributed by atoms with E-state index in [2.05, 4.69) is 4.72 Å². The van der Waals surface area contributed by atoms with E-state index < -0.39 is 21.7 Å². The number of benzene rings is 1. The van der Waals surface area contributed by atoms with Crippen LogP contribution in [0.4, 0.5) is 14.5 Å². The summed E-state index contributed by atoms with van der Waals surface area (Å²) in [6.07, 6.45) is 0. The first-order chi connectivity index (χ1) is 8.92. The average Bonchev–Trinajstić information content (AvgIpc) is 2.83. The van der Waals surface area contributed by atoms with Gasteiger partial charge in [-0.2, -0.15) is 5.26 Å². The summed E-state index contributed by atoms with van der Waals surface area (Å²) in [5, 5.41) is 8.63. The normalized spacial score (nSPS) is 11.0. The smallest absolute Gasteiger partial charge is 0.271 e. The van der Waals surface area contributed by atoms with E-state index in [4.69, 9.17) is 5.26 Å². The van der Waals surface area contributed by atoms with Gasteiger partial charge in [0.15, 0.2) is 11.6 Å². The van der Waals surface area contributed by atoms with Gasteiger partial charge in [0.1, 0.15) is 15.2 Å². The Bertz CT molecular complexity index is 763. The Hall–Kier alpha value is -1.98. The minimum Gasteiger partial charge on any atom is -0.279 e. The summed E-state index contributed by atoms with van der Waals surface area (Å²) in [6, 6.07) is 7.12. The number of rotatable bonds is 3. The van der Waals surface area contributed by atoms with Crippen LogP contribution in [-0.2, 0) is 10.0 Å². The van der Waals surface area contributed by atoms with Gasteiger partial charge in [-0.1, -0.05) is 0 Å². The van der Waals surface area contributed by atoms with Gasteiger partial charge in [0.25, 0.3) is 10.0 Å². The van der Waals surface area contributed by atoms with Crippen LogP contribution < -0.4 is 4.72 Å². The lowest BCUT2D eigenvalue weighted by molar-refractivity contribution is 0.509. The second-order valence-corrected chi connectivity index (χ2v) is 6.46. The SMILES string of the molecule is N#Cc1ccc(S(=O)(=O)Nc2ccc(F)c(F)c2)s1. The van der Waals surface area contributed by atoms with Crippen molar-refractivity contribution in [1.29, 1.82) is 5.26 Å². The standard InChI is InChI=1S/C11H6F2N2O2S2/c12-9-3-1-7(5-10(9)13)15-19(16,17)11-4-2-8(6-14)18-11/h1-5,15H. The highest BCUT2D eigenvalue weighted by Gasteiger charge is 2.17. The summed E-state index contributed by atoms with van der Waals surface area (Å²) in [5.41, 5.74) is -0.0918. The Morgan fingerprint density at radius 3 is 2.47 bits per heavy atom. The number of sulfonamides is 1. The van der Waals surface area contributed by atoms with E-state index in [0.29, 0.717) is 0 Å². The van der Waals surface area contributed by atoms with Gasteiger partial charge < -0.3 is 0 Å². The molecular weight excluding hydrogens is 294 g/mol. The highest BCUT2D eigenvalue weighted by molar-refractivity contribution is 7.94. The number of anilines is 1. The Balaban J connectivity index is 2.31. The van der Waals surface area contributed by atoms with Gasteiger partial charge in [-0.05, 0) is 24.3 Å². The second kappa shape index (κ2) is 4.95. The largest absolute Gasteiger partial charge is 0.279 e. The van der Waals surface area contributed by atoms with Crippen LogP contribution in [0.25, 0.3) is 0 Å². The Morgan fingerprint density at radius 1 is 1.16 bits per heavy atom. The highest BCUT2D eigenvalue weighted by Crippen LogP contribution is 2.24. The van der Waals surface area contributed by atoms with Gasteiger partial charge in [-0.25, -0.2) is 17.2 Å². The molecule has 1 heterocycles. The number of thiophene rings is 1. The lowest BCUT2D eigenvalue weighted by Crippen LogP contribution is -2.11. The van der Waals surface area contributed by atoms with Crippen LogP contribution in [-0.4, -0.2) is 8.42 Å². The number of hydrogen-bond acceptors (Lipinski definition) is 4. The second-order valence-electron chi connectivity index (χ2n) is 3.46. The Kier molecular flexibility index (Phi) is 3.50. The summed E-state index contributed by atoms with van der Waals surface area (Å²) in [5.74, 6) is -2.21. The van der Waals surface area contributed by atoms with Crippen molar-refractivity contribution in [3.05, 3.63) is 46.8 Å². The molecule has 2 rings (SSSR count). The lowest BCUT2D eigenvalue weighted by Gasteiger charge is -2.06. The maximum Gasteiger partial charge on any atom is 0.271 e. The van der Waals surface area contributed by atoms with Gasteiger partial charge >= 0.3 is 0 Å². The molecule has 0 unspecified atom stereocenters. The third-order valence-electron chi connectivity index (χ3n) is 2.13. The fraction of sp³-hybridized carbons (Fsp3) is 0. The molecule has 1 aromatic carbocycles. The molecule has 4 nitrogen and oxygen atoms in total. The summed E-state index contributed by atoms with van der Waals surface area (Å²) in [4.78, 5) is 0.241. The molecule has 0 amide bonds. The molecule has 1 N–H and O–H groups in total. The summed E-state index contributed by atoms with van der Waals surface area (Å²) < 4.78 is 51.5. The van der Waals surface area contributed by atoms with Crippen molar-refractivity contribution in [3.8, 4) is 6.07 Å². The fourth-order valence-corrected chi connectivity index (χ4v) is 3.44. The van der Waals surface area contributed by atoms with E-state index in [1.807, 2.05) is 6.07 Å². The van der Waals surface area contributed by atoms with E-state index in [-0.39, 0.29) is 14.8 Å². The van der Waals surface area contributed by atoms with E-state index in [9.17, 15) is 17.2 Å². The molecule has 19 heavy (non-hydrogen) atoms. The molecule has 0 aliphatic carbocycles. The molecule has 2 aromatic rings. The molecule has 0 saturated heterocycles. The van der Waals surface area contributed by atoms with Crippen LogP contribution in [0, 0.1) is 23.0 Å². The maximum absolute atomic E-state index is 13.0. The molecule has 0 saturated carbocycles. The first kappa shape index (κ1) is 13.5. The molecule has 0 radical (unpaired) electrons. The first-order valence-electron chi connectivity index (χ1n) is 4.90. The van der Waals surface area contributed by atoms with Gasteiger partial charge in [0, 0.05) is 6.07 Å². The average molecular weight is 300 g/mol. The quantitative estimate of drug-likeness (QED) is 0.947. The number of halogens is 2. The molecule has 0 spiro atoms. The van der Waals surface area contributed by atoms with Crippen LogP contribution in [0.5, 0.6) is 0 Å². The Labute approximate surface area is 112 Å². The van der Waals surface area contributed by atoms with Crippen molar-refractivity contribution in [3.63, 3.8) is 0 Å². The number of hydrogen-bond donors (Lipinski definition) is 1. The van der Waals surface area contributed by atoms with Crippen molar-refractivity contribution in [2.45, 2.75) is 4.21 Å². The minimum atomic E-state index is -3.90. The predicted octanol–water partition coefficient (Wildman–Crippen LogP) is 2.70. The van der Waals surface area contributed by atoms with Gasteiger partial charge in [-0.3, -0.25) is 4.72 Å². The molecule has 0 bridgehead atoms. The summed E-state index contributed by atoms with van der Waals surface area (Å²) in [7, 11) is -3.90. The van der Waals surface area contributed by atoms with Crippen molar-refractivity contribution in [1.82, 2.24) is 0 Å². The van der Waals surface area contributed by atoms with E-state index >= 15 is 0 Å². The van der Waals surface area contributed by atoms with Crippen LogP contribution in [0.3, 0.4) is 0 Å². The number of nitriles is 1. The molecule has 98 valence electrons. The monoisotopic (exact) mass is 300 g/mol. The van der Waals surface area contributed by atoms with E-state index in [1.54, 1.807) is 0 Å². The number of nitrogens with one attached hydrogen (secondary N) is 1. The highest BCUT2D eigenvalue weighted by atomic mass is 32.2. The van der Waals surface area contributed by atoms with Gasteiger partial charge in [0.05, 0.1) is 5.69 Å². The topological polar surface area (TPSA) is 70.0 Å². The van der Waals surface area contributed by atoms with Crippen molar-refractivity contribution >= 4 is 27.0 Å². The first-order valence-corrected chi connectivity index (χ1v) is 7.20. The van der Waals surface area contributed by atoms with Gasteiger partial charge in [-0.15, -0.1) is 11.3 Å². The van der Waals surface area contributed by atoms with Crippen molar-refractivity contribution < 1.29 is 17.2 Å². The molecule has 0 aliphatic rings. The maximum atomic E-state index is 13.0. The zero-order valence-corrected chi connectivity index (χ0v) is 10.9. The van der Waals surface area contributed by atoms with Crippen LogP contribution >= 0.6 is 11.3 Å². The minimum absolute atomic E-state index is 0.0752. The third kappa shape index (κ3) is 2.89. The molecular formula is C11H6F2N2O2S2. The molecule has 0 aliphatic heterocycles. The zero-order valence-electron chi connectivity index (χ0n) is 9.22. The zero-order chi connectivity index (χ0) is 14.0. The molecule has 0 atom stereocenters. The summed E-state index contributed by atoms with van der Waals surface area (Å²) >= 11 is 0.787. The van der Waals surface area contributed by atoms with Crippen LogP contribution in [0.15, 0.2) is 34.5 Å². The molecule has 1 aromatic heterocycles. The predicted molar refractivity (Wildman–Crippen MR) is 66.2 cm³/mol. The lowest BCUT2D eigenvalue weighted by atomic mass is 10.3. The molecule has 0 fully saturated rings. The fourth-order valence-electron chi connectivity index (χ4n) is 1.29. The number of nitrogens with zero attached hydrogens (tertiary/aromatic N) is 1. The van der Waals surface area contributed by atoms with Crippen molar-refractivity contribution in [2.75, 3.05) is 4.72 Å².